The maximum absolute atomic E-state index is 12.6. The molecule has 0 aliphatic heterocycles. The van der Waals surface area contributed by atoms with Crippen LogP contribution in [0.5, 0.6) is 0 Å². The van der Waals surface area contributed by atoms with Crippen LogP contribution in [0.25, 0.3) is 10.9 Å². The number of rotatable bonds is 6. The summed E-state index contributed by atoms with van der Waals surface area (Å²) in [5.74, 6) is 0.0426. The number of carbonyl (C=O) groups is 2. The molecule has 1 aliphatic rings. The van der Waals surface area contributed by atoms with Gasteiger partial charge in [0, 0.05) is 17.1 Å². The highest BCUT2D eigenvalue weighted by atomic mass is 32.2. The number of benzene rings is 2. The van der Waals surface area contributed by atoms with Gasteiger partial charge in [-0.15, -0.1) is 0 Å². The summed E-state index contributed by atoms with van der Waals surface area (Å²) in [5, 5.41) is 7.38. The van der Waals surface area contributed by atoms with E-state index in [1.807, 2.05) is 54.6 Å². The van der Waals surface area contributed by atoms with Gasteiger partial charge in [0.1, 0.15) is 0 Å². The Balaban J connectivity index is 1.51. The molecular weight excluding hydrogens is 358 g/mol. The summed E-state index contributed by atoms with van der Waals surface area (Å²) in [6.07, 6.45) is 2.08. The van der Waals surface area contributed by atoms with Crippen LogP contribution >= 0.6 is 11.8 Å². The predicted molar refractivity (Wildman–Crippen MR) is 108 cm³/mol. The topological polar surface area (TPSA) is 71.1 Å². The van der Waals surface area contributed by atoms with Crippen molar-refractivity contribution in [2.75, 3.05) is 11.1 Å². The largest absolute Gasteiger partial charge is 0.349 e. The molecule has 6 heteroatoms. The second-order valence-corrected chi connectivity index (χ2v) is 7.47. The molecule has 2 N–H and O–H groups in total. The van der Waals surface area contributed by atoms with Crippen LogP contribution in [0.15, 0.2) is 65.7 Å². The van der Waals surface area contributed by atoms with E-state index < -0.39 is 0 Å². The van der Waals surface area contributed by atoms with Gasteiger partial charge in [0.15, 0.2) is 0 Å². The Bertz CT molecular complexity index is 987. The number of anilines is 1. The molecule has 5 nitrogen and oxygen atoms in total. The standard InChI is InChI=1S/C21H19N3O2S/c25-19(22-14-6-2-1-3-7-14)13-27-20-12-17(21(26)23-15-10-11-15)16-8-4-5-9-18(16)24-20/h1-9,12,15H,10-11,13H2,(H,22,25)(H,23,26). The van der Waals surface area contributed by atoms with Crippen LogP contribution < -0.4 is 10.6 Å². The molecular formula is C21H19N3O2S. The van der Waals surface area contributed by atoms with Gasteiger partial charge < -0.3 is 10.6 Å². The molecule has 0 bridgehead atoms. The van der Waals surface area contributed by atoms with E-state index in [2.05, 4.69) is 15.6 Å². The lowest BCUT2D eigenvalue weighted by Crippen LogP contribution is -2.25. The number of carbonyl (C=O) groups excluding carboxylic acids is 2. The fourth-order valence-electron chi connectivity index (χ4n) is 2.76. The molecule has 1 fully saturated rings. The lowest BCUT2D eigenvalue weighted by Gasteiger charge is -2.10. The van der Waals surface area contributed by atoms with Crippen molar-refractivity contribution in [3.8, 4) is 0 Å². The minimum Gasteiger partial charge on any atom is -0.349 e. The maximum Gasteiger partial charge on any atom is 0.252 e. The predicted octanol–water partition coefficient (Wildman–Crippen LogP) is 3.86. The van der Waals surface area contributed by atoms with Gasteiger partial charge in [-0.2, -0.15) is 0 Å². The number of hydrogen-bond donors (Lipinski definition) is 2. The SMILES string of the molecule is O=C(CSc1cc(C(=O)NC2CC2)c2ccccc2n1)Nc1ccccc1. The molecule has 3 aromatic rings. The molecule has 1 saturated carbocycles. The molecule has 1 heterocycles. The third-order valence-corrected chi connectivity index (χ3v) is 5.17. The van der Waals surface area contributed by atoms with Crippen molar-refractivity contribution < 1.29 is 9.59 Å². The average Bonchev–Trinajstić information content (AvgIpc) is 3.50. The molecule has 0 atom stereocenters. The highest BCUT2D eigenvalue weighted by molar-refractivity contribution is 7.99. The minimum atomic E-state index is -0.106. The molecule has 1 aromatic heterocycles. The third kappa shape index (κ3) is 4.46. The molecule has 0 spiro atoms. The fourth-order valence-corrected chi connectivity index (χ4v) is 3.48. The van der Waals surface area contributed by atoms with Crippen molar-refractivity contribution in [1.82, 2.24) is 10.3 Å². The van der Waals surface area contributed by atoms with Crippen molar-refractivity contribution in [2.24, 2.45) is 0 Å². The van der Waals surface area contributed by atoms with Crippen LogP contribution in [0, 0.1) is 0 Å². The van der Waals surface area contributed by atoms with E-state index in [4.69, 9.17) is 0 Å². The molecule has 136 valence electrons. The van der Waals surface area contributed by atoms with Gasteiger partial charge in [0.25, 0.3) is 5.91 Å². The summed E-state index contributed by atoms with van der Waals surface area (Å²) < 4.78 is 0. The number of thioether (sulfide) groups is 1. The summed E-state index contributed by atoms with van der Waals surface area (Å²) in [7, 11) is 0. The van der Waals surface area contributed by atoms with Gasteiger partial charge in [-0.25, -0.2) is 4.98 Å². The van der Waals surface area contributed by atoms with Crippen LogP contribution in [-0.4, -0.2) is 28.6 Å². The van der Waals surface area contributed by atoms with Crippen LogP contribution in [0.3, 0.4) is 0 Å². The first-order valence-corrected chi connectivity index (χ1v) is 9.86. The summed E-state index contributed by atoms with van der Waals surface area (Å²) >= 11 is 1.33. The molecule has 0 unspecified atom stereocenters. The minimum absolute atomic E-state index is 0.0771. The van der Waals surface area contributed by atoms with E-state index in [1.165, 1.54) is 11.8 Å². The molecule has 0 saturated heterocycles. The molecule has 4 rings (SSSR count). The van der Waals surface area contributed by atoms with Crippen molar-refractivity contribution in [2.45, 2.75) is 23.9 Å². The zero-order valence-electron chi connectivity index (χ0n) is 14.6. The summed E-state index contributed by atoms with van der Waals surface area (Å²) in [6.45, 7) is 0. The molecule has 2 aromatic carbocycles. The van der Waals surface area contributed by atoms with Gasteiger partial charge in [-0.1, -0.05) is 48.2 Å². The van der Waals surface area contributed by atoms with Gasteiger partial charge in [-0.3, -0.25) is 9.59 Å². The number of para-hydroxylation sites is 2. The second-order valence-electron chi connectivity index (χ2n) is 6.48. The fraction of sp³-hybridized carbons (Fsp3) is 0.190. The summed E-state index contributed by atoms with van der Waals surface area (Å²) in [4.78, 5) is 29.4. The Morgan fingerprint density at radius 1 is 1.04 bits per heavy atom. The van der Waals surface area contributed by atoms with Crippen molar-refractivity contribution >= 4 is 40.2 Å². The van der Waals surface area contributed by atoms with Crippen LogP contribution in [0.4, 0.5) is 5.69 Å². The Morgan fingerprint density at radius 3 is 2.56 bits per heavy atom. The van der Waals surface area contributed by atoms with Crippen LogP contribution in [0.2, 0.25) is 0 Å². The number of pyridine rings is 1. The number of hydrogen-bond acceptors (Lipinski definition) is 4. The van der Waals surface area contributed by atoms with Crippen LogP contribution in [-0.2, 0) is 4.79 Å². The summed E-state index contributed by atoms with van der Waals surface area (Å²) in [6, 6.07) is 19.0. The maximum atomic E-state index is 12.6. The zero-order valence-corrected chi connectivity index (χ0v) is 15.5. The highest BCUT2D eigenvalue weighted by Crippen LogP contribution is 2.26. The van der Waals surface area contributed by atoms with E-state index in [9.17, 15) is 9.59 Å². The number of aromatic nitrogens is 1. The van der Waals surface area contributed by atoms with Crippen LogP contribution in [0.1, 0.15) is 23.2 Å². The Kier molecular flexibility index (Phi) is 5.07. The van der Waals surface area contributed by atoms with Crippen molar-refractivity contribution in [1.29, 1.82) is 0 Å². The lowest BCUT2D eigenvalue weighted by atomic mass is 10.1. The molecule has 2 amide bonds. The first-order valence-electron chi connectivity index (χ1n) is 8.87. The molecule has 27 heavy (non-hydrogen) atoms. The Morgan fingerprint density at radius 2 is 1.78 bits per heavy atom. The Hall–Kier alpha value is -2.86. The number of nitrogens with zero attached hydrogens (tertiary/aromatic N) is 1. The lowest BCUT2D eigenvalue weighted by molar-refractivity contribution is -0.113. The normalized spacial score (nSPS) is 13.3. The number of fused-ring (bicyclic) bond motifs is 1. The second kappa shape index (κ2) is 7.80. The molecule has 0 radical (unpaired) electrons. The monoisotopic (exact) mass is 377 g/mol. The van der Waals surface area contributed by atoms with E-state index in [1.54, 1.807) is 6.07 Å². The molecule has 1 aliphatic carbocycles. The average molecular weight is 377 g/mol. The van der Waals surface area contributed by atoms with Gasteiger partial charge >= 0.3 is 0 Å². The third-order valence-electron chi connectivity index (χ3n) is 4.26. The van der Waals surface area contributed by atoms with Gasteiger partial charge in [0.05, 0.1) is 21.9 Å². The van der Waals surface area contributed by atoms with E-state index >= 15 is 0 Å². The Labute approximate surface area is 161 Å². The van der Waals surface area contributed by atoms with Gasteiger partial charge in [-0.05, 0) is 37.1 Å². The first-order chi connectivity index (χ1) is 13.2. The van der Waals surface area contributed by atoms with Gasteiger partial charge in [0.2, 0.25) is 5.91 Å². The quantitative estimate of drug-likeness (QED) is 0.640. The smallest absolute Gasteiger partial charge is 0.252 e. The highest BCUT2D eigenvalue weighted by Gasteiger charge is 2.25. The van der Waals surface area contributed by atoms with E-state index in [0.717, 1.165) is 29.4 Å². The zero-order chi connectivity index (χ0) is 18.6. The first kappa shape index (κ1) is 17.5. The van der Waals surface area contributed by atoms with Crippen molar-refractivity contribution in [3.63, 3.8) is 0 Å². The summed E-state index contributed by atoms with van der Waals surface area (Å²) in [5.41, 5.74) is 2.13. The number of nitrogens with one attached hydrogen (secondary N) is 2. The van der Waals surface area contributed by atoms with E-state index in [0.29, 0.717) is 10.6 Å². The van der Waals surface area contributed by atoms with E-state index in [-0.39, 0.29) is 23.6 Å². The number of amides is 2. The van der Waals surface area contributed by atoms with Crippen molar-refractivity contribution in [3.05, 3.63) is 66.2 Å².